The summed E-state index contributed by atoms with van der Waals surface area (Å²) >= 11 is 0. The summed E-state index contributed by atoms with van der Waals surface area (Å²) in [7, 11) is -7.33. The summed E-state index contributed by atoms with van der Waals surface area (Å²) < 4.78 is 51.7. The van der Waals surface area contributed by atoms with Gasteiger partial charge < -0.3 is 41.3 Å². The van der Waals surface area contributed by atoms with Crippen LogP contribution >= 0.6 is 0 Å². The van der Waals surface area contributed by atoms with E-state index >= 15 is 0 Å². The Morgan fingerprint density at radius 2 is 0.841 bits per heavy atom. The molecule has 2 aromatic carbocycles. The second-order valence-corrected chi connectivity index (χ2v) is 13.5. The van der Waals surface area contributed by atoms with Crippen LogP contribution < -0.4 is 10.6 Å². The summed E-state index contributed by atoms with van der Waals surface area (Å²) in [5.41, 5.74) is 1.20. The summed E-state index contributed by atoms with van der Waals surface area (Å²) in [4.78, 5) is 0. The molecule has 0 radical (unpaired) electrons. The van der Waals surface area contributed by atoms with E-state index in [1.165, 1.54) is 24.3 Å². The second-order valence-electron chi connectivity index (χ2n) is 10.5. The van der Waals surface area contributed by atoms with E-state index in [1.807, 2.05) is 41.5 Å². The molecule has 0 amide bonds. The average Bonchev–Trinajstić information content (AvgIpc) is 2.86. The molecule has 0 saturated carbocycles. The molecule has 0 aliphatic heterocycles. The van der Waals surface area contributed by atoms with Gasteiger partial charge in [0.2, 0.25) is 0 Å². The topological polar surface area (TPSA) is 254 Å². The molecule has 0 bridgehead atoms. The largest absolute Gasteiger partial charge is 0.504 e. The van der Waals surface area contributed by atoms with Gasteiger partial charge in [-0.3, -0.25) is 9.11 Å². The molecule has 2 aromatic rings. The van der Waals surface area contributed by atoms with Crippen molar-refractivity contribution in [2.24, 2.45) is 0 Å². The molecule has 0 saturated heterocycles. The number of hydrogen-bond donors (Lipinski definition) is 10. The molecule has 0 fully saturated rings. The average molecular weight is 671 g/mol. The second kappa shape index (κ2) is 20.4. The summed E-state index contributed by atoms with van der Waals surface area (Å²) in [6, 6.07) is 9.20. The minimum atomic E-state index is -3.67. The van der Waals surface area contributed by atoms with Crippen LogP contribution in [0.15, 0.2) is 36.4 Å². The van der Waals surface area contributed by atoms with Crippen LogP contribution in [0.3, 0.4) is 0 Å². The number of aliphatic hydroxyl groups is 2. The van der Waals surface area contributed by atoms with Crippen molar-refractivity contribution in [2.75, 3.05) is 12.5 Å². The molecule has 16 heteroatoms. The van der Waals surface area contributed by atoms with E-state index in [2.05, 4.69) is 10.6 Å². The normalized spacial score (nSPS) is 14.1. The van der Waals surface area contributed by atoms with Gasteiger partial charge in [0.15, 0.2) is 23.0 Å². The van der Waals surface area contributed by atoms with Gasteiger partial charge in [0, 0.05) is 24.2 Å². The smallest absolute Gasteiger partial charge is 0.261 e. The van der Waals surface area contributed by atoms with Crippen LogP contribution in [0.5, 0.6) is 23.0 Å². The monoisotopic (exact) mass is 670 g/mol. The van der Waals surface area contributed by atoms with E-state index in [0.29, 0.717) is 23.6 Å². The summed E-state index contributed by atoms with van der Waals surface area (Å²) in [5.74, 6) is -0.765. The third-order valence-electron chi connectivity index (χ3n) is 5.42. The van der Waals surface area contributed by atoms with Gasteiger partial charge in [0.05, 0.1) is 24.7 Å². The van der Waals surface area contributed by atoms with Crippen molar-refractivity contribution in [3.05, 3.63) is 47.5 Å². The van der Waals surface area contributed by atoms with E-state index in [1.54, 1.807) is 12.1 Å². The lowest BCUT2D eigenvalue weighted by atomic mass is 9.99. The van der Waals surface area contributed by atoms with Gasteiger partial charge in [-0.25, -0.2) is 0 Å². The zero-order chi connectivity index (χ0) is 35.0. The molecule has 0 aliphatic carbocycles. The van der Waals surface area contributed by atoms with Gasteiger partial charge in [-0.2, -0.15) is 16.8 Å². The zero-order valence-electron chi connectivity index (χ0n) is 26.4. The molecule has 0 aliphatic rings. The van der Waals surface area contributed by atoms with Crippen LogP contribution in [0.25, 0.3) is 0 Å². The minimum Gasteiger partial charge on any atom is -0.504 e. The molecule has 0 spiro atoms. The lowest BCUT2D eigenvalue weighted by Crippen LogP contribution is -2.38. The van der Waals surface area contributed by atoms with Gasteiger partial charge in [-0.05, 0) is 48.2 Å². The first kappa shape index (κ1) is 43.4. The Hall–Kier alpha value is -2.70. The number of rotatable bonds is 10. The number of aromatic hydroxyl groups is 4. The first-order chi connectivity index (χ1) is 19.9. The standard InChI is InChI=1S/2C13H21NO3.2CH4O3S/c2*1-4-10(14-8(2)3)13(17)9-5-6-11(15)12(16)7-9;2*1-5(2,3)4/h2*5-8,10,13-17H,4H2,1-3H3;2*1H3,(H,2,3,4). The van der Waals surface area contributed by atoms with Crippen LogP contribution in [0.2, 0.25) is 0 Å². The van der Waals surface area contributed by atoms with Crippen molar-refractivity contribution in [1.29, 1.82) is 0 Å². The fourth-order valence-corrected chi connectivity index (χ4v) is 3.63. The van der Waals surface area contributed by atoms with Crippen molar-refractivity contribution >= 4 is 20.2 Å². The Kier molecular flexibility index (Phi) is 20.1. The van der Waals surface area contributed by atoms with E-state index < -0.39 is 32.4 Å². The highest BCUT2D eigenvalue weighted by Gasteiger charge is 2.21. The van der Waals surface area contributed by atoms with Gasteiger partial charge in [-0.15, -0.1) is 0 Å². The van der Waals surface area contributed by atoms with Crippen LogP contribution in [0.1, 0.15) is 77.7 Å². The lowest BCUT2D eigenvalue weighted by Gasteiger charge is -2.25. The number of benzene rings is 2. The molecular formula is C28H50N2O12S2. The highest BCUT2D eigenvalue weighted by molar-refractivity contribution is 7.85. The van der Waals surface area contributed by atoms with Gasteiger partial charge in [-0.1, -0.05) is 53.7 Å². The Labute approximate surface area is 260 Å². The number of aliphatic hydroxyl groups excluding tert-OH is 2. The molecule has 10 N–H and O–H groups in total. The number of phenols is 4. The third-order valence-corrected chi connectivity index (χ3v) is 5.42. The fraction of sp³-hybridized carbons (Fsp3) is 0.571. The lowest BCUT2D eigenvalue weighted by molar-refractivity contribution is 0.121. The highest BCUT2D eigenvalue weighted by atomic mass is 32.2. The number of phenolic OH excluding ortho intramolecular Hbond substituents is 4. The molecule has 14 nitrogen and oxygen atoms in total. The third kappa shape index (κ3) is 21.9. The van der Waals surface area contributed by atoms with E-state index in [0.717, 1.165) is 12.8 Å². The van der Waals surface area contributed by atoms with Crippen LogP contribution in [-0.4, -0.2) is 93.3 Å². The van der Waals surface area contributed by atoms with E-state index in [-0.39, 0.29) is 47.2 Å². The maximum absolute atomic E-state index is 10.2. The summed E-state index contributed by atoms with van der Waals surface area (Å²) in [5, 5.41) is 64.2. The molecule has 0 heterocycles. The molecule has 2 rings (SSSR count). The SMILES string of the molecule is CCC(NC(C)C)C(O)c1ccc(O)c(O)c1.CCC(NC(C)C)C(O)c1ccc(O)c(O)c1.CS(=O)(=O)O.CS(=O)(=O)O. The predicted octanol–water partition coefficient (Wildman–Crippen LogP) is 2.82. The predicted molar refractivity (Wildman–Crippen MR) is 169 cm³/mol. The van der Waals surface area contributed by atoms with Crippen molar-refractivity contribution in [3.8, 4) is 23.0 Å². The maximum atomic E-state index is 10.2. The van der Waals surface area contributed by atoms with Crippen LogP contribution in [0.4, 0.5) is 0 Å². The molecule has 4 unspecified atom stereocenters. The van der Waals surface area contributed by atoms with Crippen LogP contribution in [0, 0.1) is 0 Å². The minimum absolute atomic E-state index is 0.0704. The Balaban J connectivity index is 0. The Morgan fingerprint density at radius 1 is 0.591 bits per heavy atom. The molecule has 44 heavy (non-hydrogen) atoms. The maximum Gasteiger partial charge on any atom is 0.261 e. The van der Waals surface area contributed by atoms with Gasteiger partial charge in [0.1, 0.15) is 0 Å². The highest BCUT2D eigenvalue weighted by Crippen LogP contribution is 2.30. The molecule has 4 atom stereocenters. The van der Waals surface area contributed by atoms with Crippen molar-refractivity contribution in [2.45, 2.75) is 90.8 Å². The molecule has 0 aromatic heterocycles. The number of nitrogens with one attached hydrogen (secondary N) is 2. The molecule has 256 valence electrons. The number of hydrogen-bond acceptors (Lipinski definition) is 12. The first-order valence-electron chi connectivity index (χ1n) is 13.7. The van der Waals surface area contributed by atoms with Crippen molar-refractivity contribution < 1.29 is 56.6 Å². The first-order valence-corrected chi connectivity index (χ1v) is 17.4. The van der Waals surface area contributed by atoms with Crippen LogP contribution in [-0.2, 0) is 20.2 Å². The van der Waals surface area contributed by atoms with Gasteiger partial charge in [0.25, 0.3) is 20.2 Å². The summed E-state index contributed by atoms with van der Waals surface area (Å²) in [6.45, 7) is 12.0. The van der Waals surface area contributed by atoms with E-state index in [4.69, 9.17) is 9.11 Å². The quantitative estimate of drug-likeness (QED) is 0.129. The van der Waals surface area contributed by atoms with Gasteiger partial charge >= 0.3 is 0 Å². The van der Waals surface area contributed by atoms with Crippen molar-refractivity contribution in [3.63, 3.8) is 0 Å². The van der Waals surface area contributed by atoms with Crippen molar-refractivity contribution in [1.82, 2.24) is 10.6 Å². The fourth-order valence-electron chi connectivity index (χ4n) is 3.63. The Morgan fingerprint density at radius 3 is 1.02 bits per heavy atom. The van der Waals surface area contributed by atoms with E-state index in [9.17, 15) is 47.5 Å². The summed E-state index contributed by atoms with van der Waals surface area (Å²) in [6.07, 6.45) is 1.59. The molecular weight excluding hydrogens is 620 g/mol. The Bertz CT molecular complexity index is 1200. The zero-order valence-corrected chi connectivity index (χ0v) is 28.0.